The fourth-order valence-electron chi connectivity index (χ4n) is 5.15. The molecule has 6 rings (SSSR count). The number of halogens is 1. The van der Waals surface area contributed by atoms with E-state index in [2.05, 4.69) is 30.9 Å². The molecule has 4 heterocycles. The third-order valence-electron chi connectivity index (χ3n) is 7.29. The number of imidazole rings is 1. The molecule has 0 saturated carbocycles. The van der Waals surface area contributed by atoms with Gasteiger partial charge in [-0.05, 0) is 47.9 Å². The van der Waals surface area contributed by atoms with Gasteiger partial charge in [0.15, 0.2) is 11.6 Å². The van der Waals surface area contributed by atoms with Gasteiger partial charge in [-0.15, -0.1) is 0 Å². The van der Waals surface area contributed by atoms with Gasteiger partial charge in [0.2, 0.25) is 0 Å². The summed E-state index contributed by atoms with van der Waals surface area (Å²) in [6.45, 7) is 3.46. The van der Waals surface area contributed by atoms with Crippen LogP contribution in [0.2, 0.25) is 5.02 Å². The zero-order chi connectivity index (χ0) is 27.8. The molecule has 0 unspecified atom stereocenters. The molecule has 4 N–H and O–H groups in total. The van der Waals surface area contributed by atoms with E-state index in [4.69, 9.17) is 11.6 Å². The summed E-state index contributed by atoms with van der Waals surface area (Å²) in [4.78, 5) is 26.8. The van der Waals surface area contributed by atoms with E-state index in [0.717, 1.165) is 57.7 Å². The van der Waals surface area contributed by atoms with Gasteiger partial charge in [-0.1, -0.05) is 35.9 Å². The van der Waals surface area contributed by atoms with Crippen LogP contribution >= 0.6 is 11.6 Å². The zero-order valence-electron chi connectivity index (χ0n) is 22.1. The summed E-state index contributed by atoms with van der Waals surface area (Å²) >= 11 is 6.89. The zero-order valence-corrected chi connectivity index (χ0v) is 22.9. The number of hydrogen-bond acceptors (Lipinski definition) is 7. The number of aliphatic hydroxyl groups is 1. The van der Waals surface area contributed by atoms with Gasteiger partial charge in [0.1, 0.15) is 5.52 Å². The molecule has 0 bridgehead atoms. The van der Waals surface area contributed by atoms with Crippen LogP contribution in [0.15, 0.2) is 60.9 Å². The predicted octanol–water partition coefficient (Wildman–Crippen LogP) is 5.13. The number of aromatic nitrogens is 4. The highest BCUT2D eigenvalue weighted by Gasteiger charge is 2.23. The molecule has 3 aromatic heterocycles. The Morgan fingerprint density at radius 2 is 1.93 bits per heavy atom. The average molecular weight is 554 g/mol. The number of fused-ring (bicyclic) bond motifs is 2. The Labute approximate surface area is 236 Å². The number of nitrogens with zero attached hydrogens (tertiary/aromatic N) is 4. The van der Waals surface area contributed by atoms with E-state index in [1.54, 1.807) is 18.5 Å². The summed E-state index contributed by atoms with van der Waals surface area (Å²) in [6.07, 6.45) is 4.19. The maximum atomic E-state index is 13.2. The van der Waals surface area contributed by atoms with Crippen molar-refractivity contribution in [2.45, 2.75) is 26.5 Å². The number of amides is 1. The number of rotatable bonds is 6. The highest BCUT2D eigenvalue weighted by molar-refractivity contribution is 6.36. The molecule has 0 saturated heterocycles. The molecule has 0 aliphatic carbocycles. The minimum Gasteiger partial charge on any atom is -0.392 e. The number of pyridine rings is 2. The lowest BCUT2D eigenvalue weighted by Gasteiger charge is -2.16. The summed E-state index contributed by atoms with van der Waals surface area (Å²) in [5, 5.41) is 20.5. The first-order valence-electron chi connectivity index (χ1n) is 13.0. The Balaban J connectivity index is 1.30. The summed E-state index contributed by atoms with van der Waals surface area (Å²) in [7, 11) is 1.87. The molecule has 0 radical (unpaired) electrons. The van der Waals surface area contributed by atoms with E-state index in [-0.39, 0.29) is 12.5 Å². The third kappa shape index (κ3) is 4.68. The van der Waals surface area contributed by atoms with Crippen molar-refractivity contribution in [3.05, 3.63) is 94.3 Å². The van der Waals surface area contributed by atoms with Crippen LogP contribution in [-0.2, 0) is 26.6 Å². The largest absolute Gasteiger partial charge is 0.392 e. The van der Waals surface area contributed by atoms with Crippen molar-refractivity contribution in [2.75, 3.05) is 17.2 Å². The van der Waals surface area contributed by atoms with Crippen LogP contribution < -0.4 is 16.0 Å². The molecular weight excluding hydrogens is 526 g/mol. The molecule has 0 spiro atoms. The van der Waals surface area contributed by atoms with Gasteiger partial charge in [-0.3, -0.25) is 9.78 Å². The van der Waals surface area contributed by atoms with Gasteiger partial charge in [-0.25, -0.2) is 9.97 Å². The van der Waals surface area contributed by atoms with Gasteiger partial charge < -0.3 is 25.6 Å². The van der Waals surface area contributed by atoms with Crippen LogP contribution in [0.4, 0.5) is 17.2 Å². The minimum absolute atomic E-state index is 0.0727. The molecule has 0 fully saturated rings. The van der Waals surface area contributed by atoms with Crippen molar-refractivity contribution < 1.29 is 9.90 Å². The Morgan fingerprint density at radius 1 is 1.12 bits per heavy atom. The normalized spacial score (nSPS) is 12.8. The van der Waals surface area contributed by atoms with Crippen LogP contribution in [0.25, 0.3) is 22.0 Å². The maximum absolute atomic E-state index is 13.2. The van der Waals surface area contributed by atoms with Crippen LogP contribution in [0.1, 0.15) is 33.1 Å². The van der Waals surface area contributed by atoms with Crippen LogP contribution in [0, 0.1) is 6.92 Å². The highest BCUT2D eigenvalue weighted by Crippen LogP contribution is 2.38. The fraction of sp³-hybridized carbons (Fsp3) is 0.200. The van der Waals surface area contributed by atoms with Gasteiger partial charge in [0, 0.05) is 61.3 Å². The van der Waals surface area contributed by atoms with E-state index >= 15 is 0 Å². The Hall–Kier alpha value is -4.31. The number of benzene rings is 2. The number of anilines is 3. The molecule has 202 valence electrons. The van der Waals surface area contributed by atoms with Gasteiger partial charge in [0.05, 0.1) is 23.0 Å². The average Bonchev–Trinajstić information content (AvgIpc) is 3.32. The van der Waals surface area contributed by atoms with E-state index in [1.807, 2.05) is 61.0 Å². The van der Waals surface area contributed by atoms with Gasteiger partial charge >= 0.3 is 0 Å². The van der Waals surface area contributed by atoms with Crippen molar-refractivity contribution in [3.63, 3.8) is 0 Å². The highest BCUT2D eigenvalue weighted by atomic mass is 35.5. The van der Waals surface area contributed by atoms with E-state index in [9.17, 15) is 9.90 Å². The van der Waals surface area contributed by atoms with Crippen molar-refractivity contribution in [3.8, 4) is 11.1 Å². The van der Waals surface area contributed by atoms with Gasteiger partial charge in [0.25, 0.3) is 5.91 Å². The number of nitrogens with one attached hydrogen (secondary N) is 3. The molecule has 40 heavy (non-hydrogen) atoms. The minimum atomic E-state index is -0.304. The van der Waals surface area contributed by atoms with E-state index < -0.39 is 0 Å². The molecule has 1 aliphatic heterocycles. The smallest absolute Gasteiger partial charge is 0.291 e. The van der Waals surface area contributed by atoms with E-state index in [0.29, 0.717) is 34.4 Å². The monoisotopic (exact) mass is 553 g/mol. The topological polar surface area (TPSA) is 117 Å². The Morgan fingerprint density at radius 3 is 2.73 bits per heavy atom. The second-order valence-electron chi connectivity index (χ2n) is 9.77. The van der Waals surface area contributed by atoms with Crippen LogP contribution in [0.5, 0.6) is 0 Å². The standard InChI is InChI=1S/C30H28ClN7O2/c1-17-20(5-3-7-22(17)35-28-27-19(9-12-33-28)13-18(16-39)14-34-27)21-6-4-8-23(26(21)31)37-30(40)29-36-24-15-32-11-10-25(24)38(29)2/h3-9,12-14,32,39H,10-11,15-16H2,1-2H3,(H,33,35)(H,37,40). The lowest BCUT2D eigenvalue weighted by molar-refractivity contribution is 0.101. The van der Waals surface area contributed by atoms with Gasteiger partial charge in [-0.2, -0.15) is 0 Å². The molecule has 2 aromatic carbocycles. The molecule has 1 aliphatic rings. The Kier molecular flexibility index (Phi) is 6.93. The molecule has 0 atom stereocenters. The van der Waals surface area contributed by atoms with Crippen LogP contribution in [0.3, 0.4) is 0 Å². The number of carbonyl (C=O) groups excluding carboxylic acids is 1. The molecular formula is C30H28ClN7O2. The van der Waals surface area contributed by atoms with Crippen molar-refractivity contribution in [1.82, 2.24) is 24.8 Å². The fourth-order valence-corrected chi connectivity index (χ4v) is 5.42. The summed E-state index contributed by atoms with van der Waals surface area (Å²) in [5.41, 5.74) is 7.47. The first-order chi connectivity index (χ1) is 19.4. The molecule has 1 amide bonds. The first kappa shape index (κ1) is 25.9. The van der Waals surface area contributed by atoms with Crippen LogP contribution in [-0.4, -0.2) is 37.1 Å². The SMILES string of the molecule is Cc1c(Nc2nccc3cc(CO)cnc23)cccc1-c1cccc(NC(=O)c2nc3c(n2C)CCNC3)c1Cl. The number of aliphatic hydroxyl groups excluding tert-OH is 1. The molecule has 9 nitrogen and oxygen atoms in total. The number of carbonyl (C=O) groups is 1. The summed E-state index contributed by atoms with van der Waals surface area (Å²) in [5.74, 6) is 0.671. The van der Waals surface area contributed by atoms with Crippen molar-refractivity contribution in [1.29, 1.82) is 0 Å². The predicted molar refractivity (Wildman–Crippen MR) is 157 cm³/mol. The number of hydrogen-bond donors (Lipinski definition) is 4. The molecule has 10 heteroatoms. The third-order valence-corrected chi connectivity index (χ3v) is 7.70. The maximum Gasteiger partial charge on any atom is 0.291 e. The second-order valence-corrected chi connectivity index (χ2v) is 10.1. The Bertz CT molecular complexity index is 1770. The lowest BCUT2D eigenvalue weighted by atomic mass is 9.98. The first-order valence-corrected chi connectivity index (χ1v) is 13.4. The van der Waals surface area contributed by atoms with Crippen molar-refractivity contribution >= 4 is 45.6 Å². The van der Waals surface area contributed by atoms with E-state index in [1.165, 1.54) is 0 Å². The quantitative estimate of drug-likeness (QED) is 0.230. The molecule has 5 aromatic rings. The lowest BCUT2D eigenvalue weighted by Crippen LogP contribution is -2.24. The summed E-state index contributed by atoms with van der Waals surface area (Å²) < 4.78 is 1.86. The van der Waals surface area contributed by atoms with Crippen molar-refractivity contribution in [2.24, 2.45) is 7.05 Å². The summed E-state index contributed by atoms with van der Waals surface area (Å²) in [6, 6.07) is 15.3. The second kappa shape index (κ2) is 10.7.